The first-order chi connectivity index (χ1) is 10.8. The monoisotopic (exact) mass is 323 g/mol. The lowest BCUT2D eigenvalue weighted by atomic mass is 10.1. The Morgan fingerprint density at radius 3 is 2.82 bits per heavy atom. The fraction of sp³-hybridized carbons (Fsp3) is 0.0625. The first-order valence-corrected chi connectivity index (χ1v) is 8.22. The predicted molar refractivity (Wildman–Crippen MR) is 86.3 cm³/mol. The van der Waals surface area contributed by atoms with Gasteiger partial charge in [0, 0.05) is 5.56 Å². The van der Waals surface area contributed by atoms with Gasteiger partial charge < -0.3 is 4.42 Å². The smallest absolute Gasteiger partial charge is 0.135 e. The molecule has 0 aliphatic rings. The van der Waals surface area contributed by atoms with E-state index >= 15 is 0 Å². The molecule has 106 valence electrons. The minimum absolute atomic E-state index is 0.243. The molecule has 0 amide bonds. The fourth-order valence-electron chi connectivity index (χ4n) is 2.01. The highest BCUT2D eigenvalue weighted by Gasteiger charge is 2.17. The second-order valence-corrected chi connectivity index (χ2v) is 6.16. The maximum atomic E-state index is 9.49. The maximum Gasteiger partial charge on any atom is 0.135 e. The summed E-state index contributed by atoms with van der Waals surface area (Å²) in [4.78, 5) is 5.56. The third kappa shape index (κ3) is 2.75. The van der Waals surface area contributed by atoms with Gasteiger partial charge in [0.05, 0.1) is 34.2 Å². The van der Waals surface area contributed by atoms with Crippen LogP contribution in [-0.2, 0) is 0 Å². The maximum absolute atomic E-state index is 9.49. The Labute approximate surface area is 135 Å². The Bertz CT molecular complexity index is 856. The number of thioether (sulfide) groups is 1. The number of furan rings is 1. The summed E-state index contributed by atoms with van der Waals surface area (Å²) in [7, 11) is 0. The number of thiophene rings is 1. The third-order valence-corrected chi connectivity index (χ3v) is 4.67. The zero-order valence-electron chi connectivity index (χ0n) is 11.3. The van der Waals surface area contributed by atoms with Crippen molar-refractivity contribution in [3.63, 3.8) is 0 Å². The summed E-state index contributed by atoms with van der Waals surface area (Å²) >= 11 is 2.84. The highest BCUT2D eigenvalue weighted by Crippen LogP contribution is 2.35. The van der Waals surface area contributed by atoms with Crippen LogP contribution in [-0.4, -0.2) is 10.7 Å². The molecule has 0 radical (unpaired) electrons. The number of rotatable bonds is 4. The highest BCUT2D eigenvalue weighted by atomic mass is 32.2. The van der Waals surface area contributed by atoms with Crippen LogP contribution in [0.4, 0.5) is 0 Å². The minimum Gasteiger partial charge on any atom is -0.464 e. The van der Waals surface area contributed by atoms with Crippen molar-refractivity contribution in [1.82, 2.24) is 4.98 Å². The van der Waals surface area contributed by atoms with Crippen LogP contribution >= 0.6 is 23.1 Å². The molecule has 0 aromatic carbocycles. The number of hydrogen-bond donors (Lipinski definition) is 0. The molecule has 6 heteroatoms. The summed E-state index contributed by atoms with van der Waals surface area (Å²) in [5.74, 6) is 0.864. The number of pyridine rings is 1. The van der Waals surface area contributed by atoms with Gasteiger partial charge in [-0.05, 0) is 29.6 Å². The van der Waals surface area contributed by atoms with Crippen LogP contribution in [0.2, 0.25) is 0 Å². The van der Waals surface area contributed by atoms with Gasteiger partial charge in [-0.2, -0.15) is 10.5 Å². The Hall–Kier alpha value is -2.54. The van der Waals surface area contributed by atoms with Gasteiger partial charge in [-0.3, -0.25) is 0 Å². The molecular formula is C16H9N3OS2. The van der Waals surface area contributed by atoms with Crippen LogP contribution in [0.5, 0.6) is 0 Å². The summed E-state index contributed by atoms with van der Waals surface area (Å²) in [5, 5.41) is 20.8. The van der Waals surface area contributed by atoms with Crippen molar-refractivity contribution < 1.29 is 4.42 Å². The minimum atomic E-state index is 0.243. The Morgan fingerprint density at radius 1 is 1.27 bits per heavy atom. The van der Waals surface area contributed by atoms with Crippen molar-refractivity contribution in [2.24, 2.45) is 0 Å². The molecule has 0 bridgehead atoms. The molecule has 0 saturated carbocycles. The summed E-state index contributed by atoms with van der Waals surface area (Å²) in [6.45, 7) is 0. The predicted octanol–water partition coefficient (Wildman–Crippen LogP) is 4.56. The standard InChI is InChI=1S/C16H9N3OS2/c17-5-8-22-16-12(10-18)11(14-3-1-6-20-14)9-13(19-16)15-4-2-7-21-15/h1-4,6-7,9H,8H2. The van der Waals surface area contributed by atoms with Crippen LogP contribution in [0, 0.1) is 22.7 Å². The molecule has 22 heavy (non-hydrogen) atoms. The van der Waals surface area contributed by atoms with E-state index in [2.05, 4.69) is 17.1 Å². The Kier molecular flexibility index (Phi) is 4.24. The molecular weight excluding hydrogens is 314 g/mol. The number of hydrogen-bond acceptors (Lipinski definition) is 6. The van der Waals surface area contributed by atoms with Gasteiger partial charge in [0.1, 0.15) is 16.9 Å². The molecule has 3 heterocycles. The van der Waals surface area contributed by atoms with Crippen molar-refractivity contribution in [3.05, 3.63) is 47.5 Å². The van der Waals surface area contributed by atoms with Gasteiger partial charge in [-0.1, -0.05) is 17.8 Å². The zero-order valence-corrected chi connectivity index (χ0v) is 12.9. The van der Waals surface area contributed by atoms with Crippen molar-refractivity contribution >= 4 is 23.1 Å². The molecule has 0 N–H and O–H groups in total. The van der Waals surface area contributed by atoms with E-state index in [-0.39, 0.29) is 5.75 Å². The van der Waals surface area contributed by atoms with Crippen LogP contribution in [0.3, 0.4) is 0 Å². The Balaban J connectivity index is 2.21. The largest absolute Gasteiger partial charge is 0.464 e. The van der Waals surface area contributed by atoms with Crippen molar-refractivity contribution in [2.45, 2.75) is 5.03 Å². The van der Waals surface area contributed by atoms with E-state index in [1.807, 2.05) is 29.6 Å². The van der Waals surface area contributed by atoms with Gasteiger partial charge in [0.25, 0.3) is 0 Å². The summed E-state index contributed by atoms with van der Waals surface area (Å²) in [6.07, 6.45) is 1.57. The van der Waals surface area contributed by atoms with Crippen LogP contribution in [0.15, 0.2) is 51.4 Å². The molecule has 0 unspecified atom stereocenters. The van der Waals surface area contributed by atoms with E-state index < -0.39 is 0 Å². The van der Waals surface area contributed by atoms with Gasteiger partial charge in [-0.15, -0.1) is 11.3 Å². The summed E-state index contributed by atoms with van der Waals surface area (Å²) in [5.41, 5.74) is 1.92. The van der Waals surface area contributed by atoms with Gasteiger partial charge in [0.2, 0.25) is 0 Å². The van der Waals surface area contributed by atoms with Crippen molar-refractivity contribution in [1.29, 1.82) is 10.5 Å². The second-order valence-electron chi connectivity index (χ2n) is 4.25. The summed E-state index contributed by atoms with van der Waals surface area (Å²) < 4.78 is 5.44. The summed E-state index contributed by atoms with van der Waals surface area (Å²) in [6, 6.07) is 13.6. The lowest BCUT2D eigenvalue weighted by Crippen LogP contribution is -1.94. The normalized spacial score (nSPS) is 10.1. The SMILES string of the molecule is N#CCSc1nc(-c2cccs2)cc(-c2ccco2)c1C#N. The molecule has 0 aliphatic carbocycles. The number of nitriles is 2. The van der Waals surface area contributed by atoms with E-state index in [4.69, 9.17) is 9.68 Å². The molecule has 4 nitrogen and oxygen atoms in total. The lowest BCUT2D eigenvalue weighted by Gasteiger charge is -2.08. The third-order valence-electron chi connectivity index (χ3n) is 2.93. The molecule has 0 aliphatic heterocycles. The lowest BCUT2D eigenvalue weighted by molar-refractivity contribution is 0.582. The zero-order chi connectivity index (χ0) is 15.4. The average molecular weight is 323 g/mol. The van der Waals surface area contributed by atoms with E-state index in [1.165, 1.54) is 11.8 Å². The van der Waals surface area contributed by atoms with E-state index in [0.717, 1.165) is 10.6 Å². The fourth-order valence-corrected chi connectivity index (χ4v) is 3.36. The molecule has 0 fully saturated rings. The second kappa shape index (κ2) is 6.48. The van der Waals surface area contributed by atoms with E-state index in [0.29, 0.717) is 21.9 Å². The first kappa shape index (κ1) is 14.4. The molecule has 3 aromatic rings. The van der Waals surface area contributed by atoms with Crippen LogP contribution in [0.1, 0.15) is 5.56 Å². The Morgan fingerprint density at radius 2 is 2.18 bits per heavy atom. The molecule has 0 saturated heterocycles. The molecule has 3 aromatic heterocycles. The van der Waals surface area contributed by atoms with Gasteiger partial charge >= 0.3 is 0 Å². The molecule has 0 spiro atoms. The van der Waals surface area contributed by atoms with E-state index in [1.54, 1.807) is 23.7 Å². The molecule has 3 rings (SSSR count). The van der Waals surface area contributed by atoms with Gasteiger partial charge in [-0.25, -0.2) is 4.98 Å². The van der Waals surface area contributed by atoms with Gasteiger partial charge in [0.15, 0.2) is 0 Å². The van der Waals surface area contributed by atoms with E-state index in [9.17, 15) is 5.26 Å². The highest BCUT2D eigenvalue weighted by molar-refractivity contribution is 7.99. The van der Waals surface area contributed by atoms with Crippen LogP contribution < -0.4 is 0 Å². The number of aromatic nitrogens is 1. The quantitative estimate of drug-likeness (QED) is 0.658. The first-order valence-electron chi connectivity index (χ1n) is 6.36. The topological polar surface area (TPSA) is 73.6 Å². The molecule has 0 atom stereocenters. The number of nitrogens with zero attached hydrogens (tertiary/aromatic N) is 3. The van der Waals surface area contributed by atoms with Crippen LogP contribution in [0.25, 0.3) is 21.9 Å². The average Bonchev–Trinajstić information content (AvgIpc) is 3.24. The van der Waals surface area contributed by atoms with Crippen molar-refractivity contribution in [2.75, 3.05) is 5.75 Å². The van der Waals surface area contributed by atoms with Crippen molar-refractivity contribution in [3.8, 4) is 34.0 Å².